The SMILES string of the molecule is CCC(C)(CC)c1nccc2ccccc12. The Hall–Kier alpha value is -1.37. The van der Waals surface area contributed by atoms with Crippen molar-refractivity contribution in [3.63, 3.8) is 0 Å². The average Bonchev–Trinajstić information content (AvgIpc) is 2.37. The molecule has 0 radical (unpaired) electrons. The minimum Gasteiger partial charge on any atom is -0.260 e. The lowest BCUT2D eigenvalue weighted by Gasteiger charge is -2.27. The van der Waals surface area contributed by atoms with Gasteiger partial charge >= 0.3 is 0 Å². The first-order chi connectivity index (χ1) is 7.71. The quantitative estimate of drug-likeness (QED) is 0.740. The first kappa shape index (κ1) is 11.1. The molecule has 0 aliphatic carbocycles. The zero-order valence-corrected chi connectivity index (χ0v) is 10.3. The second kappa shape index (κ2) is 4.25. The molecule has 1 aromatic carbocycles. The maximum absolute atomic E-state index is 4.62. The van der Waals surface area contributed by atoms with Crippen molar-refractivity contribution in [3.8, 4) is 0 Å². The summed E-state index contributed by atoms with van der Waals surface area (Å²) in [7, 11) is 0. The molecule has 0 fully saturated rings. The van der Waals surface area contributed by atoms with E-state index in [9.17, 15) is 0 Å². The van der Waals surface area contributed by atoms with Crippen molar-refractivity contribution in [1.29, 1.82) is 0 Å². The molecule has 0 atom stereocenters. The third-order valence-corrected chi connectivity index (χ3v) is 3.81. The van der Waals surface area contributed by atoms with E-state index in [-0.39, 0.29) is 5.41 Å². The zero-order valence-electron chi connectivity index (χ0n) is 10.3. The average molecular weight is 213 g/mol. The van der Waals surface area contributed by atoms with E-state index in [2.05, 4.69) is 56.1 Å². The molecule has 0 spiro atoms. The van der Waals surface area contributed by atoms with Crippen molar-refractivity contribution in [1.82, 2.24) is 4.98 Å². The second-order valence-electron chi connectivity index (χ2n) is 4.65. The fourth-order valence-corrected chi connectivity index (χ4v) is 2.19. The van der Waals surface area contributed by atoms with Crippen LogP contribution in [0.1, 0.15) is 39.3 Å². The van der Waals surface area contributed by atoms with Crippen LogP contribution in [0.3, 0.4) is 0 Å². The smallest absolute Gasteiger partial charge is 0.0540 e. The van der Waals surface area contributed by atoms with Crippen LogP contribution in [-0.4, -0.2) is 4.98 Å². The van der Waals surface area contributed by atoms with Crippen molar-refractivity contribution < 1.29 is 0 Å². The van der Waals surface area contributed by atoms with Crippen molar-refractivity contribution in [2.24, 2.45) is 0 Å². The van der Waals surface area contributed by atoms with Gasteiger partial charge in [0.15, 0.2) is 0 Å². The van der Waals surface area contributed by atoms with Crippen LogP contribution in [-0.2, 0) is 5.41 Å². The van der Waals surface area contributed by atoms with E-state index in [4.69, 9.17) is 0 Å². The van der Waals surface area contributed by atoms with Gasteiger partial charge in [-0.15, -0.1) is 0 Å². The van der Waals surface area contributed by atoms with Gasteiger partial charge in [0, 0.05) is 17.0 Å². The van der Waals surface area contributed by atoms with Crippen LogP contribution in [0.4, 0.5) is 0 Å². The molecule has 0 aliphatic rings. The summed E-state index contributed by atoms with van der Waals surface area (Å²) >= 11 is 0. The molecule has 2 rings (SSSR count). The molecule has 0 aliphatic heterocycles. The van der Waals surface area contributed by atoms with Gasteiger partial charge in [0.2, 0.25) is 0 Å². The van der Waals surface area contributed by atoms with Crippen LogP contribution >= 0.6 is 0 Å². The molecular weight excluding hydrogens is 194 g/mol. The summed E-state index contributed by atoms with van der Waals surface area (Å²) in [6.45, 7) is 6.79. The summed E-state index contributed by atoms with van der Waals surface area (Å²) in [5.41, 5.74) is 1.44. The Labute approximate surface area is 97.5 Å². The van der Waals surface area contributed by atoms with Crippen LogP contribution in [0.2, 0.25) is 0 Å². The molecule has 84 valence electrons. The van der Waals surface area contributed by atoms with E-state index < -0.39 is 0 Å². The molecule has 2 aromatic rings. The summed E-state index contributed by atoms with van der Waals surface area (Å²) in [5, 5.41) is 2.59. The summed E-state index contributed by atoms with van der Waals surface area (Å²) in [5.74, 6) is 0. The highest BCUT2D eigenvalue weighted by Crippen LogP contribution is 2.33. The Kier molecular flexibility index (Phi) is 2.95. The highest BCUT2D eigenvalue weighted by Gasteiger charge is 2.25. The predicted octanol–water partition coefficient (Wildman–Crippen LogP) is 4.31. The first-order valence-electron chi connectivity index (χ1n) is 6.05. The van der Waals surface area contributed by atoms with Gasteiger partial charge in [-0.05, 0) is 24.3 Å². The number of pyridine rings is 1. The molecular formula is C15H19N. The third kappa shape index (κ3) is 1.71. The lowest BCUT2D eigenvalue weighted by Crippen LogP contribution is -2.21. The van der Waals surface area contributed by atoms with E-state index in [1.807, 2.05) is 6.20 Å². The Morgan fingerprint density at radius 1 is 1.06 bits per heavy atom. The van der Waals surface area contributed by atoms with Crippen molar-refractivity contribution in [3.05, 3.63) is 42.2 Å². The number of rotatable bonds is 3. The Balaban J connectivity index is 2.69. The molecule has 1 nitrogen and oxygen atoms in total. The number of aromatic nitrogens is 1. The van der Waals surface area contributed by atoms with Gasteiger partial charge in [-0.25, -0.2) is 0 Å². The second-order valence-corrected chi connectivity index (χ2v) is 4.65. The van der Waals surface area contributed by atoms with Crippen LogP contribution in [0.5, 0.6) is 0 Å². The predicted molar refractivity (Wildman–Crippen MR) is 69.7 cm³/mol. The highest BCUT2D eigenvalue weighted by molar-refractivity contribution is 5.85. The minimum absolute atomic E-state index is 0.195. The lowest BCUT2D eigenvalue weighted by molar-refractivity contribution is 0.430. The largest absolute Gasteiger partial charge is 0.260 e. The van der Waals surface area contributed by atoms with Crippen molar-refractivity contribution >= 4 is 10.8 Å². The van der Waals surface area contributed by atoms with E-state index in [0.717, 1.165) is 12.8 Å². The number of nitrogens with zero attached hydrogens (tertiary/aromatic N) is 1. The molecule has 0 N–H and O–H groups in total. The fraction of sp³-hybridized carbons (Fsp3) is 0.400. The number of benzene rings is 1. The van der Waals surface area contributed by atoms with Crippen molar-refractivity contribution in [2.45, 2.75) is 39.0 Å². The Bertz CT molecular complexity index is 478. The van der Waals surface area contributed by atoms with E-state index in [1.165, 1.54) is 16.5 Å². The fourth-order valence-electron chi connectivity index (χ4n) is 2.19. The molecule has 0 bridgehead atoms. The number of hydrogen-bond acceptors (Lipinski definition) is 1. The summed E-state index contributed by atoms with van der Waals surface area (Å²) in [6.07, 6.45) is 4.19. The maximum atomic E-state index is 4.62. The summed E-state index contributed by atoms with van der Waals surface area (Å²) in [6, 6.07) is 10.6. The van der Waals surface area contributed by atoms with Crippen LogP contribution in [0, 0.1) is 0 Å². The molecule has 0 amide bonds. The summed E-state index contributed by atoms with van der Waals surface area (Å²) in [4.78, 5) is 4.62. The number of hydrogen-bond donors (Lipinski definition) is 0. The monoisotopic (exact) mass is 213 g/mol. The third-order valence-electron chi connectivity index (χ3n) is 3.81. The molecule has 0 saturated carbocycles. The Morgan fingerprint density at radius 3 is 2.44 bits per heavy atom. The standard InChI is InChI=1S/C15H19N/c1-4-15(3,5-2)14-13-9-7-6-8-12(13)10-11-16-14/h6-11H,4-5H2,1-3H3. The molecule has 1 aromatic heterocycles. The number of fused-ring (bicyclic) bond motifs is 1. The van der Waals surface area contributed by atoms with Crippen LogP contribution in [0.15, 0.2) is 36.5 Å². The Morgan fingerprint density at radius 2 is 1.75 bits per heavy atom. The first-order valence-corrected chi connectivity index (χ1v) is 6.05. The van der Waals surface area contributed by atoms with Gasteiger partial charge in [-0.3, -0.25) is 4.98 Å². The molecule has 1 heterocycles. The molecule has 1 heteroatoms. The molecule has 0 unspecified atom stereocenters. The summed E-state index contributed by atoms with van der Waals surface area (Å²) < 4.78 is 0. The minimum atomic E-state index is 0.195. The van der Waals surface area contributed by atoms with Gasteiger partial charge < -0.3 is 0 Å². The van der Waals surface area contributed by atoms with Crippen LogP contribution in [0.25, 0.3) is 10.8 Å². The van der Waals surface area contributed by atoms with E-state index in [0.29, 0.717) is 0 Å². The van der Waals surface area contributed by atoms with Gasteiger partial charge in [0.05, 0.1) is 5.69 Å². The normalized spacial score (nSPS) is 11.9. The molecule has 0 saturated heterocycles. The van der Waals surface area contributed by atoms with Gasteiger partial charge in [0.1, 0.15) is 0 Å². The topological polar surface area (TPSA) is 12.9 Å². The highest BCUT2D eigenvalue weighted by atomic mass is 14.7. The van der Waals surface area contributed by atoms with Gasteiger partial charge in [-0.1, -0.05) is 45.0 Å². The van der Waals surface area contributed by atoms with Crippen LogP contribution < -0.4 is 0 Å². The van der Waals surface area contributed by atoms with E-state index in [1.54, 1.807) is 0 Å². The molecule has 16 heavy (non-hydrogen) atoms. The van der Waals surface area contributed by atoms with E-state index >= 15 is 0 Å². The lowest BCUT2D eigenvalue weighted by atomic mass is 9.79. The zero-order chi connectivity index (χ0) is 11.6. The van der Waals surface area contributed by atoms with Crippen molar-refractivity contribution in [2.75, 3.05) is 0 Å². The van der Waals surface area contributed by atoms with Gasteiger partial charge in [0.25, 0.3) is 0 Å². The maximum Gasteiger partial charge on any atom is 0.0540 e. The van der Waals surface area contributed by atoms with Gasteiger partial charge in [-0.2, -0.15) is 0 Å².